The Morgan fingerprint density at radius 2 is 1.71 bits per heavy atom. The van der Waals surface area contributed by atoms with Crippen molar-refractivity contribution < 1.29 is 0 Å². The molecule has 14 heavy (non-hydrogen) atoms. The van der Waals surface area contributed by atoms with Gasteiger partial charge in [0.15, 0.2) is 0 Å². The lowest BCUT2D eigenvalue weighted by molar-refractivity contribution is 0.353. The third kappa shape index (κ3) is 3.15. The summed E-state index contributed by atoms with van der Waals surface area (Å²) < 4.78 is 0. The van der Waals surface area contributed by atoms with E-state index in [1.54, 1.807) is 5.57 Å². The molecule has 0 saturated heterocycles. The Bertz CT molecular complexity index is 184. The highest BCUT2D eigenvalue weighted by molar-refractivity contribution is 5.04. The van der Waals surface area contributed by atoms with Gasteiger partial charge in [-0.3, -0.25) is 0 Å². The first-order valence-electron chi connectivity index (χ1n) is 6.63. The SMILES string of the molecule is C1=C(CC2CCCCC2)CCCCC1. The van der Waals surface area contributed by atoms with E-state index in [0.717, 1.165) is 5.92 Å². The van der Waals surface area contributed by atoms with Crippen LogP contribution in [0.15, 0.2) is 11.6 Å². The van der Waals surface area contributed by atoms with E-state index >= 15 is 0 Å². The molecule has 0 aliphatic heterocycles. The Morgan fingerprint density at radius 1 is 0.929 bits per heavy atom. The highest BCUT2D eigenvalue weighted by atomic mass is 14.2. The van der Waals surface area contributed by atoms with E-state index in [2.05, 4.69) is 6.08 Å². The molecule has 0 nitrogen and oxygen atoms in total. The van der Waals surface area contributed by atoms with Crippen molar-refractivity contribution in [1.29, 1.82) is 0 Å². The molecule has 0 heteroatoms. The molecule has 2 aliphatic carbocycles. The maximum Gasteiger partial charge on any atom is -0.0292 e. The Balaban J connectivity index is 1.79. The smallest absolute Gasteiger partial charge is 0.0292 e. The maximum absolute atomic E-state index is 2.56. The van der Waals surface area contributed by atoms with Crippen LogP contribution in [0.4, 0.5) is 0 Å². The molecule has 0 amide bonds. The van der Waals surface area contributed by atoms with Gasteiger partial charge in [-0.1, -0.05) is 50.2 Å². The number of hydrogen-bond acceptors (Lipinski definition) is 0. The molecule has 1 saturated carbocycles. The average Bonchev–Trinajstić information content (AvgIpc) is 2.48. The van der Waals surface area contributed by atoms with Crippen molar-refractivity contribution in [2.75, 3.05) is 0 Å². The number of rotatable bonds is 2. The lowest BCUT2D eigenvalue weighted by atomic mass is 9.84. The fourth-order valence-corrected chi connectivity index (χ4v) is 3.03. The summed E-state index contributed by atoms with van der Waals surface area (Å²) in [7, 11) is 0. The Kier molecular flexibility index (Phi) is 4.09. The monoisotopic (exact) mass is 192 g/mol. The molecule has 0 unspecified atom stereocenters. The van der Waals surface area contributed by atoms with Crippen molar-refractivity contribution in [3.05, 3.63) is 11.6 Å². The van der Waals surface area contributed by atoms with Gasteiger partial charge in [0.25, 0.3) is 0 Å². The summed E-state index contributed by atoms with van der Waals surface area (Å²) in [4.78, 5) is 0. The van der Waals surface area contributed by atoms with Gasteiger partial charge in [0.05, 0.1) is 0 Å². The standard InChI is InChI=1S/C14H24/c1-2-5-9-13(8-4-1)12-14-10-6-3-7-11-14/h8,14H,1-7,9-12H2. The fraction of sp³-hybridized carbons (Fsp3) is 0.857. The second kappa shape index (κ2) is 5.58. The van der Waals surface area contributed by atoms with E-state index in [0.29, 0.717) is 0 Å². The molecule has 2 rings (SSSR count). The van der Waals surface area contributed by atoms with E-state index in [1.165, 1.54) is 70.6 Å². The molecule has 0 spiro atoms. The third-order valence-corrected chi connectivity index (χ3v) is 3.91. The summed E-state index contributed by atoms with van der Waals surface area (Å²) in [5, 5.41) is 0. The largest absolute Gasteiger partial charge is 0.0853 e. The molecule has 0 aromatic rings. The van der Waals surface area contributed by atoms with Gasteiger partial charge in [-0.05, 0) is 38.0 Å². The van der Waals surface area contributed by atoms with E-state index in [4.69, 9.17) is 0 Å². The summed E-state index contributed by atoms with van der Waals surface area (Å²) in [6, 6.07) is 0. The molecule has 1 fully saturated rings. The molecular formula is C14H24. The van der Waals surface area contributed by atoms with Crippen LogP contribution < -0.4 is 0 Å². The van der Waals surface area contributed by atoms with Crippen molar-refractivity contribution in [3.63, 3.8) is 0 Å². The van der Waals surface area contributed by atoms with Crippen molar-refractivity contribution in [2.45, 2.75) is 70.6 Å². The first-order chi connectivity index (χ1) is 6.95. The van der Waals surface area contributed by atoms with Gasteiger partial charge < -0.3 is 0 Å². The predicted molar refractivity (Wildman–Crippen MR) is 62.4 cm³/mol. The number of allylic oxidation sites excluding steroid dienone is 2. The molecule has 2 aliphatic rings. The van der Waals surface area contributed by atoms with Crippen LogP contribution in [-0.4, -0.2) is 0 Å². The predicted octanol–water partition coefficient (Wildman–Crippen LogP) is 4.85. The number of hydrogen-bond donors (Lipinski definition) is 0. The van der Waals surface area contributed by atoms with E-state index < -0.39 is 0 Å². The van der Waals surface area contributed by atoms with Gasteiger partial charge >= 0.3 is 0 Å². The zero-order valence-corrected chi connectivity index (χ0v) is 9.43. The third-order valence-electron chi connectivity index (χ3n) is 3.91. The molecule has 0 atom stereocenters. The quantitative estimate of drug-likeness (QED) is 0.549. The lowest BCUT2D eigenvalue weighted by Gasteiger charge is -2.22. The first-order valence-corrected chi connectivity index (χ1v) is 6.63. The van der Waals surface area contributed by atoms with Crippen LogP contribution in [-0.2, 0) is 0 Å². The van der Waals surface area contributed by atoms with Crippen molar-refractivity contribution in [3.8, 4) is 0 Å². The second-order valence-electron chi connectivity index (χ2n) is 5.17. The molecule has 80 valence electrons. The average molecular weight is 192 g/mol. The Morgan fingerprint density at radius 3 is 2.57 bits per heavy atom. The van der Waals surface area contributed by atoms with Gasteiger partial charge in [0.1, 0.15) is 0 Å². The molecule has 0 heterocycles. The highest BCUT2D eigenvalue weighted by Crippen LogP contribution is 2.31. The van der Waals surface area contributed by atoms with Gasteiger partial charge in [-0.15, -0.1) is 0 Å². The molecule has 0 aromatic heterocycles. The van der Waals surface area contributed by atoms with E-state index in [-0.39, 0.29) is 0 Å². The summed E-state index contributed by atoms with van der Waals surface area (Å²) in [6.07, 6.45) is 18.7. The first kappa shape index (κ1) is 10.3. The van der Waals surface area contributed by atoms with Crippen LogP contribution in [0.1, 0.15) is 70.6 Å². The van der Waals surface area contributed by atoms with E-state index in [1.807, 2.05) is 0 Å². The van der Waals surface area contributed by atoms with Crippen LogP contribution in [0.2, 0.25) is 0 Å². The van der Waals surface area contributed by atoms with Crippen LogP contribution in [0, 0.1) is 5.92 Å². The van der Waals surface area contributed by atoms with Crippen LogP contribution in [0.3, 0.4) is 0 Å². The molecule has 0 radical (unpaired) electrons. The summed E-state index contributed by atoms with van der Waals surface area (Å²) >= 11 is 0. The van der Waals surface area contributed by atoms with Crippen LogP contribution >= 0.6 is 0 Å². The summed E-state index contributed by atoms with van der Waals surface area (Å²) in [5.41, 5.74) is 1.80. The second-order valence-corrected chi connectivity index (χ2v) is 5.17. The van der Waals surface area contributed by atoms with Crippen molar-refractivity contribution in [2.24, 2.45) is 5.92 Å². The van der Waals surface area contributed by atoms with Crippen molar-refractivity contribution >= 4 is 0 Å². The van der Waals surface area contributed by atoms with E-state index in [9.17, 15) is 0 Å². The molecule has 0 bridgehead atoms. The minimum absolute atomic E-state index is 1.05. The highest BCUT2D eigenvalue weighted by Gasteiger charge is 2.15. The minimum Gasteiger partial charge on any atom is -0.0853 e. The van der Waals surface area contributed by atoms with Gasteiger partial charge in [-0.2, -0.15) is 0 Å². The fourth-order valence-electron chi connectivity index (χ4n) is 3.03. The zero-order chi connectivity index (χ0) is 9.64. The molecule has 0 N–H and O–H groups in total. The van der Waals surface area contributed by atoms with Crippen LogP contribution in [0.5, 0.6) is 0 Å². The van der Waals surface area contributed by atoms with Gasteiger partial charge in [0, 0.05) is 0 Å². The summed E-state index contributed by atoms with van der Waals surface area (Å²) in [5.74, 6) is 1.05. The van der Waals surface area contributed by atoms with Gasteiger partial charge in [0.2, 0.25) is 0 Å². The molecule has 0 aromatic carbocycles. The van der Waals surface area contributed by atoms with Crippen molar-refractivity contribution in [1.82, 2.24) is 0 Å². The molecular weight excluding hydrogens is 168 g/mol. The topological polar surface area (TPSA) is 0 Å². The maximum atomic E-state index is 2.56. The lowest BCUT2D eigenvalue weighted by Crippen LogP contribution is -2.07. The summed E-state index contributed by atoms with van der Waals surface area (Å²) in [6.45, 7) is 0. The minimum atomic E-state index is 1.05. The normalized spacial score (nSPS) is 25.6. The van der Waals surface area contributed by atoms with Crippen LogP contribution in [0.25, 0.3) is 0 Å². The Hall–Kier alpha value is -0.260. The van der Waals surface area contributed by atoms with Gasteiger partial charge in [-0.25, -0.2) is 0 Å². The Labute approximate surface area is 88.8 Å². The zero-order valence-electron chi connectivity index (χ0n) is 9.43.